The van der Waals surface area contributed by atoms with Gasteiger partial charge in [0, 0.05) is 45.6 Å². The van der Waals surface area contributed by atoms with Gasteiger partial charge in [-0.1, -0.05) is 11.6 Å². The van der Waals surface area contributed by atoms with Gasteiger partial charge in [0.2, 0.25) is 0 Å². The predicted molar refractivity (Wildman–Crippen MR) is 141 cm³/mol. The van der Waals surface area contributed by atoms with Crippen LogP contribution in [0.5, 0.6) is 0 Å². The van der Waals surface area contributed by atoms with E-state index in [0.717, 1.165) is 12.1 Å². The second-order valence-corrected chi connectivity index (χ2v) is 9.96. The summed E-state index contributed by atoms with van der Waals surface area (Å²) >= 11 is 6.40. The fourth-order valence-corrected chi connectivity index (χ4v) is 5.49. The highest BCUT2D eigenvalue weighted by Crippen LogP contribution is 2.49. The van der Waals surface area contributed by atoms with Crippen LogP contribution in [0.2, 0.25) is 5.02 Å². The molecule has 0 saturated carbocycles. The first kappa shape index (κ1) is 26.6. The number of urea groups is 1. The number of aromatic amines is 1. The minimum absolute atomic E-state index is 0.0620. The van der Waals surface area contributed by atoms with E-state index in [1.165, 1.54) is 11.0 Å². The van der Waals surface area contributed by atoms with Crippen LogP contribution in [0.25, 0.3) is 11.3 Å². The fraction of sp³-hybridized carbons (Fsp3) is 0.148. The molecule has 2 aliphatic heterocycles. The molecule has 2 aliphatic rings. The van der Waals surface area contributed by atoms with Crippen molar-refractivity contribution < 1.29 is 31.5 Å². The fourth-order valence-electron chi connectivity index (χ4n) is 5.26. The molecule has 0 fully saturated rings. The predicted octanol–water partition coefficient (Wildman–Crippen LogP) is 6.04. The highest BCUT2D eigenvalue weighted by atomic mass is 35.5. The highest BCUT2D eigenvalue weighted by molar-refractivity contribution is 6.31. The van der Waals surface area contributed by atoms with Gasteiger partial charge in [-0.05, 0) is 54.4 Å². The Balaban J connectivity index is 1.56. The number of nitrogens with zero attached hydrogens (tertiary/aromatic N) is 2. The van der Waals surface area contributed by atoms with Gasteiger partial charge in [0.1, 0.15) is 17.5 Å². The molecule has 3 amide bonds. The summed E-state index contributed by atoms with van der Waals surface area (Å²) in [5.74, 6) is -2.76. The van der Waals surface area contributed by atoms with Crippen molar-refractivity contribution >= 4 is 40.7 Å². The van der Waals surface area contributed by atoms with Gasteiger partial charge in [-0.2, -0.15) is 18.3 Å². The van der Waals surface area contributed by atoms with Crippen LogP contribution >= 0.6 is 11.6 Å². The Morgan fingerprint density at radius 3 is 2.59 bits per heavy atom. The molecule has 0 bridgehead atoms. The average molecular weight is 589 g/mol. The van der Waals surface area contributed by atoms with E-state index in [1.54, 1.807) is 12.1 Å². The van der Waals surface area contributed by atoms with Crippen molar-refractivity contribution in [3.8, 4) is 11.3 Å². The first-order valence-corrected chi connectivity index (χ1v) is 12.5. The smallest absolute Gasteiger partial charge is 0.382 e. The lowest BCUT2D eigenvalue weighted by Gasteiger charge is -2.35. The average Bonchev–Trinajstić information content (AvgIpc) is 3.55. The maximum atomic E-state index is 14.3. The lowest BCUT2D eigenvalue weighted by molar-refractivity contribution is -0.137. The number of carbonyl (C=O) groups is 2. The second-order valence-electron chi connectivity index (χ2n) is 9.55. The Morgan fingerprint density at radius 2 is 1.88 bits per heavy atom. The maximum Gasteiger partial charge on any atom is 0.416 e. The van der Waals surface area contributed by atoms with E-state index in [-0.39, 0.29) is 34.7 Å². The number of carbonyl (C=O) groups excluding carboxylic acids is 2. The number of benzene rings is 3. The molecule has 5 N–H and O–H groups in total. The van der Waals surface area contributed by atoms with Crippen LogP contribution in [-0.2, 0) is 12.6 Å². The number of alkyl halides is 3. The maximum absolute atomic E-state index is 14.3. The number of nitrogens with one attached hydrogen (secondary N) is 3. The number of nitrogens with two attached hydrogens (primary N) is 1. The van der Waals surface area contributed by atoms with Gasteiger partial charge in [-0.15, -0.1) is 0 Å². The number of H-pyrrole nitrogens is 1. The van der Waals surface area contributed by atoms with E-state index in [4.69, 9.17) is 17.3 Å². The number of amides is 3. The zero-order valence-corrected chi connectivity index (χ0v) is 21.4. The monoisotopic (exact) mass is 588 g/mol. The lowest BCUT2D eigenvalue weighted by Crippen LogP contribution is -2.46. The minimum atomic E-state index is -4.89. The summed E-state index contributed by atoms with van der Waals surface area (Å²) in [5, 5.41) is 12.2. The summed E-state index contributed by atoms with van der Waals surface area (Å²) in [5.41, 5.74) is 6.52. The third-order valence-electron chi connectivity index (χ3n) is 6.99. The van der Waals surface area contributed by atoms with Crippen LogP contribution in [0.15, 0.2) is 48.5 Å². The van der Waals surface area contributed by atoms with E-state index in [2.05, 4.69) is 20.8 Å². The second kappa shape index (κ2) is 9.47. The number of hydrogen-bond donors (Lipinski definition) is 4. The zero-order chi connectivity index (χ0) is 29.2. The molecule has 0 radical (unpaired) electrons. The Morgan fingerprint density at radius 1 is 1.10 bits per heavy atom. The van der Waals surface area contributed by atoms with Crippen LogP contribution < -0.4 is 21.3 Å². The van der Waals surface area contributed by atoms with Crippen molar-refractivity contribution in [2.75, 3.05) is 22.5 Å². The number of rotatable bonds is 4. The van der Waals surface area contributed by atoms with Crippen LogP contribution in [0.3, 0.4) is 0 Å². The molecular formula is C27H18ClF5N6O2. The number of aromatic nitrogens is 2. The molecule has 0 unspecified atom stereocenters. The van der Waals surface area contributed by atoms with Crippen molar-refractivity contribution in [3.05, 3.63) is 93.0 Å². The molecule has 41 heavy (non-hydrogen) atoms. The molecule has 1 aromatic heterocycles. The molecule has 14 heteroatoms. The van der Waals surface area contributed by atoms with Gasteiger partial charge in [-0.3, -0.25) is 14.8 Å². The van der Waals surface area contributed by atoms with Crippen molar-refractivity contribution in [1.82, 2.24) is 15.5 Å². The Kier molecular flexibility index (Phi) is 6.14. The van der Waals surface area contributed by atoms with E-state index in [9.17, 15) is 31.5 Å². The molecule has 3 aromatic carbocycles. The third kappa shape index (κ3) is 4.61. The van der Waals surface area contributed by atoms with Crippen molar-refractivity contribution in [2.45, 2.75) is 18.6 Å². The van der Waals surface area contributed by atoms with Crippen LogP contribution in [0, 0.1) is 11.6 Å². The highest BCUT2D eigenvalue weighted by Gasteiger charge is 2.41. The van der Waals surface area contributed by atoms with E-state index in [1.807, 2.05) is 0 Å². The summed E-state index contributed by atoms with van der Waals surface area (Å²) < 4.78 is 68.5. The summed E-state index contributed by atoms with van der Waals surface area (Å²) in [7, 11) is 0. The van der Waals surface area contributed by atoms with Gasteiger partial charge < -0.3 is 16.4 Å². The molecule has 210 valence electrons. The first-order valence-electron chi connectivity index (χ1n) is 12.1. The lowest BCUT2D eigenvalue weighted by atomic mass is 9.88. The standard InChI is InChI=1S/C27H18ClF5N6O2/c28-18-2-1-13(29)8-17(18)23-22-20(35-25(40)11-5-12(27(31,32)33)7-14(30)6-11)9-16(19-10-21(34)38-37-19)15-3-4-39(24(15)22)26(41)36-23/h1-2,5-10,23H,3-4H2,(H,35,40)(H,36,41)(H3,34,37,38)/t23-/m1/s1. The van der Waals surface area contributed by atoms with Crippen molar-refractivity contribution in [2.24, 2.45) is 0 Å². The Hall–Kier alpha value is -4.65. The van der Waals surface area contributed by atoms with Gasteiger partial charge in [0.05, 0.1) is 23.0 Å². The van der Waals surface area contributed by atoms with E-state index in [0.29, 0.717) is 46.6 Å². The van der Waals surface area contributed by atoms with Crippen LogP contribution in [0.4, 0.5) is 43.9 Å². The summed E-state index contributed by atoms with van der Waals surface area (Å²) in [4.78, 5) is 27.9. The van der Waals surface area contributed by atoms with Crippen LogP contribution in [-0.4, -0.2) is 28.7 Å². The SMILES string of the molecule is Nc1cc(-c2cc(NC(=O)c3cc(F)cc(C(F)(F)F)c3)c3c4c2CCN4C(=O)N[C@@H]3c2cc(F)ccc2Cl)[nH]n1. The number of nitrogen functional groups attached to an aromatic ring is 1. The van der Waals surface area contributed by atoms with E-state index >= 15 is 0 Å². The number of halogens is 6. The molecule has 8 nitrogen and oxygen atoms in total. The van der Waals surface area contributed by atoms with Gasteiger partial charge in [0.25, 0.3) is 5.91 Å². The molecular weight excluding hydrogens is 571 g/mol. The summed E-state index contributed by atoms with van der Waals surface area (Å²) in [6.07, 6.45) is -4.49. The van der Waals surface area contributed by atoms with Gasteiger partial charge >= 0.3 is 12.2 Å². The third-order valence-corrected chi connectivity index (χ3v) is 7.34. The normalized spacial score (nSPS) is 16.0. The number of anilines is 3. The van der Waals surface area contributed by atoms with Crippen molar-refractivity contribution in [3.63, 3.8) is 0 Å². The number of hydrogen-bond acceptors (Lipinski definition) is 4. The molecule has 0 spiro atoms. The molecule has 1 atom stereocenters. The van der Waals surface area contributed by atoms with E-state index < -0.39 is 46.9 Å². The van der Waals surface area contributed by atoms with Gasteiger partial charge in [0.15, 0.2) is 0 Å². The zero-order valence-electron chi connectivity index (χ0n) is 20.7. The molecule has 4 aromatic rings. The summed E-state index contributed by atoms with van der Waals surface area (Å²) in [6.45, 7) is 0.268. The largest absolute Gasteiger partial charge is 0.416 e. The Bertz CT molecular complexity index is 1750. The van der Waals surface area contributed by atoms with Gasteiger partial charge in [-0.25, -0.2) is 13.6 Å². The first-order chi connectivity index (χ1) is 19.4. The molecule has 3 heterocycles. The quantitative estimate of drug-likeness (QED) is 0.218. The van der Waals surface area contributed by atoms with Crippen LogP contribution in [0.1, 0.15) is 38.7 Å². The minimum Gasteiger partial charge on any atom is -0.382 e. The van der Waals surface area contributed by atoms with Crippen molar-refractivity contribution in [1.29, 1.82) is 0 Å². The molecule has 0 aliphatic carbocycles. The Labute approximate surface area is 233 Å². The summed E-state index contributed by atoms with van der Waals surface area (Å²) in [6, 6.07) is 6.62. The topological polar surface area (TPSA) is 116 Å². The molecule has 6 rings (SSSR count). The molecule has 0 saturated heterocycles.